The first-order valence-electron chi connectivity index (χ1n) is 7.42. The second-order valence-electron chi connectivity index (χ2n) is 5.95. The minimum atomic E-state index is 0.328. The zero-order valence-corrected chi connectivity index (χ0v) is 13.3. The Labute approximate surface area is 129 Å². The van der Waals surface area contributed by atoms with Crippen LogP contribution in [-0.2, 0) is 4.79 Å². The van der Waals surface area contributed by atoms with Crippen molar-refractivity contribution in [2.45, 2.75) is 44.7 Å². The van der Waals surface area contributed by atoms with Gasteiger partial charge in [0.25, 0.3) is 0 Å². The SMILES string of the molecule is CC(NC1CCN(C(=O)C2CC2)CC1)c1csc(Cl)c1. The Morgan fingerprint density at radius 1 is 1.40 bits per heavy atom. The van der Waals surface area contributed by atoms with Crippen LogP contribution in [0.5, 0.6) is 0 Å². The summed E-state index contributed by atoms with van der Waals surface area (Å²) in [6.07, 6.45) is 4.32. The van der Waals surface area contributed by atoms with Gasteiger partial charge in [0.2, 0.25) is 5.91 Å². The molecule has 0 spiro atoms. The minimum Gasteiger partial charge on any atom is -0.342 e. The maximum Gasteiger partial charge on any atom is 0.225 e. The van der Waals surface area contributed by atoms with Crippen LogP contribution in [0.1, 0.15) is 44.2 Å². The number of amides is 1. The number of rotatable bonds is 4. The Balaban J connectivity index is 1.47. The van der Waals surface area contributed by atoms with Gasteiger partial charge in [0.05, 0.1) is 4.34 Å². The van der Waals surface area contributed by atoms with Gasteiger partial charge in [-0.1, -0.05) is 11.6 Å². The van der Waals surface area contributed by atoms with E-state index in [-0.39, 0.29) is 0 Å². The summed E-state index contributed by atoms with van der Waals surface area (Å²) in [7, 11) is 0. The molecular weight excluding hydrogens is 292 g/mol. The molecule has 3 rings (SSSR count). The van der Waals surface area contributed by atoms with Gasteiger partial charge < -0.3 is 10.2 Å². The lowest BCUT2D eigenvalue weighted by molar-refractivity contribution is -0.133. The van der Waals surface area contributed by atoms with Crippen molar-refractivity contribution in [1.29, 1.82) is 0 Å². The molecule has 5 heteroatoms. The molecule has 2 fully saturated rings. The summed E-state index contributed by atoms with van der Waals surface area (Å²) in [6.45, 7) is 3.99. The topological polar surface area (TPSA) is 32.3 Å². The maximum absolute atomic E-state index is 12.0. The Morgan fingerprint density at radius 3 is 2.65 bits per heavy atom. The summed E-state index contributed by atoms with van der Waals surface area (Å²) < 4.78 is 0.846. The zero-order valence-electron chi connectivity index (χ0n) is 11.8. The van der Waals surface area contributed by atoms with Gasteiger partial charge in [-0.05, 0) is 49.6 Å². The van der Waals surface area contributed by atoms with Crippen LogP contribution in [0.3, 0.4) is 0 Å². The average molecular weight is 313 g/mol. The smallest absolute Gasteiger partial charge is 0.225 e. The van der Waals surface area contributed by atoms with Crippen LogP contribution in [-0.4, -0.2) is 29.9 Å². The largest absolute Gasteiger partial charge is 0.342 e. The predicted molar refractivity (Wildman–Crippen MR) is 83.2 cm³/mol. The van der Waals surface area contributed by atoms with Crippen molar-refractivity contribution in [3.8, 4) is 0 Å². The normalized spacial score (nSPS) is 22.0. The quantitative estimate of drug-likeness (QED) is 0.923. The van der Waals surface area contributed by atoms with Crippen molar-refractivity contribution in [1.82, 2.24) is 10.2 Å². The molecule has 1 aliphatic carbocycles. The van der Waals surface area contributed by atoms with Crippen LogP contribution in [0.25, 0.3) is 0 Å². The summed E-state index contributed by atoms with van der Waals surface area (Å²) in [5.41, 5.74) is 1.26. The third kappa shape index (κ3) is 3.35. The van der Waals surface area contributed by atoms with Crippen molar-refractivity contribution >= 4 is 28.8 Å². The van der Waals surface area contributed by atoms with Crippen molar-refractivity contribution in [3.05, 3.63) is 21.3 Å². The molecule has 2 aliphatic rings. The molecule has 1 aromatic rings. The number of nitrogens with one attached hydrogen (secondary N) is 1. The van der Waals surface area contributed by atoms with Crippen LogP contribution < -0.4 is 5.32 Å². The lowest BCUT2D eigenvalue weighted by Crippen LogP contribution is -2.45. The highest BCUT2D eigenvalue weighted by atomic mass is 35.5. The van der Waals surface area contributed by atoms with Gasteiger partial charge >= 0.3 is 0 Å². The second-order valence-corrected chi connectivity index (χ2v) is 7.49. The van der Waals surface area contributed by atoms with Gasteiger partial charge in [-0.3, -0.25) is 4.79 Å². The van der Waals surface area contributed by atoms with Gasteiger partial charge in [0, 0.05) is 31.1 Å². The Bertz CT molecular complexity index is 478. The van der Waals surface area contributed by atoms with Crippen LogP contribution >= 0.6 is 22.9 Å². The standard InChI is InChI=1S/C15H21ClN2OS/c1-10(12-8-14(16)20-9-12)17-13-4-6-18(7-5-13)15(19)11-2-3-11/h8-11,13,17H,2-7H2,1H3. The molecule has 110 valence electrons. The lowest BCUT2D eigenvalue weighted by Gasteiger charge is -2.34. The van der Waals surface area contributed by atoms with Crippen molar-refractivity contribution in [2.75, 3.05) is 13.1 Å². The number of piperidine rings is 1. The van der Waals surface area contributed by atoms with E-state index in [4.69, 9.17) is 11.6 Å². The molecule has 1 N–H and O–H groups in total. The first-order valence-corrected chi connectivity index (χ1v) is 8.68. The van der Waals surface area contributed by atoms with Crippen LogP contribution in [0.4, 0.5) is 0 Å². The molecule has 1 amide bonds. The molecule has 2 heterocycles. The number of carbonyl (C=O) groups excluding carboxylic acids is 1. The molecule has 1 saturated carbocycles. The van der Waals surface area contributed by atoms with E-state index in [1.807, 2.05) is 6.07 Å². The monoisotopic (exact) mass is 312 g/mol. The number of halogens is 1. The number of hydrogen-bond acceptors (Lipinski definition) is 3. The maximum atomic E-state index is 12.0. The molecule has 1 atom stereocenters. The third-order valence-corrected chi connectivity index (χ3v) is 5.42. The lowest BCUT2D eigenvalue weighted by atomic mass is 10.0. The van der Waals surface area contributed by atoms with Crippen LogP contribution in [0, 0.1) is 5.92 Å². The van der Waals surface area contributed by atoms with E-state index >= 15 is 0 Å². The molecule has 1 saturated heterocycles. The molecule has 20 heavy (non-hydrogen) atoms. The van der Waals surface area contributed by atoms with E-state index in [1.165, 1.54) is 5.56 Å². The zero-order chi connectivity index (χ0) is 14.1. The van der Waals surface area contributed by atoms with Gasteiger partial charge in [0.15, 0.2) is 0 Å². The van der Waals surface area contributed by atoms with E-state index in [0.29, 0.717) is 23.9 Å². The molecular formula is C15H21ClN2OS. The number of carbonyl (C=O) groups is 1. The van der Waals surface area contributed by atoms with E-state index in [9.17, 15) is 4.79 Å². The highest BCUT2D eigenvalue weighted by molar-refractivity contribution is 7.14. The van der Waals surface area contributed by atoms with E-state index in [0.717, 1.165) is 43.1 Å². The Morgan fingerprint density at radius 2 is 2.10 bits per heavy atom. The van der Waals surface area contributed by atoms with Gasteiger partial charge in [-0.25, -0.2) is 0 Å². The van der Waals surface area contributed by atoms with E-state index in [1.54, 1.807) is 11.3 Å². The average Bonchev–Trinajstić information content (AvgIpc) is 3.20. The molecule has 0 aromatic carbocycles. The highest BCUT2D eigenvalue weighted by Crippen LogP contribution is 2.32. The molecule has 1 aliphatic heterocycles. The summed E-state index contributed by atoms with van der Waals surface area (Å²) in [5.74, 6) is 0.743. The summed E-state index contributed by atoms with van der Waals surface area (Å²) in [6, 6.07) is 2.87. The number of thiophene rings is 1. The van der Waals surface area contributed by atoms with Crippen LogP contribution in [0.15, 0.2) is 11.4 Å². The summed E-state index contributed by atoms with van der Waals surface area (Å²) in [4.78, 5) is 14.1. The number of likely N-dealkylation sites (tertiary alicyclic amines) is 1. The third-order valence-electron chi connectivity index (χ3n) is 4.31. The summed E-state index contributed by atoms with van der Waals surface area (Å²) >= 11 is 7.57. The minimum absolute atomic E-state index is 0.328. The van der Waals surface area contributed by atoms with Crippen molar-refractivity contribution in [2.24, 2.45) is 5.92 Å². The van der Waals surface area contributed by atoms with Gasteiger partial charge in [-0.2, -0.15) is 0 Å². The fourth-order valence-electron chi connectivity index (χ4n) is 2.86. The van der Waals surface area contributed by atoms with E-state index in [2.05, 4.69) is 22.5 Å². The predicted octanol–water partition coefficient (Wildman–Crippen LogP) is 3.45. The number of nitrogens with zero attached hydrogens (tertiary/aromatic N) is 1. The molecule has 0 bridgehead atoms. The molecule has 3 nitrogen and oxygen atoms in total. The van der Waals surface area contributed by atoms with Crippen molar-refractivity contribution < 1.29 is 4.79 Å². The molecule has 1 aromatic heterocycles. The molecule has 0 radical (unpaired) electrons. The van der Waals surface area contributed by atoms with Gasteiger partial charge in [-0.15, -0.1) is 11.3 Å². The Kier molecular flexibility index (Phi) is 4.34. The first-order chi connectivity index (χ1) is 9.63. The fraction of sp³-hybridized carbons (Fsp3) is 0.667. The summed E-state index contributed by atoms with van der Waals surface area (Å²) in [5, 5.41) is 5.78. The highest BCUT2D eigenvalue weighted by Gasteiger charge is 2.35. The molecule has 1 unspecified atom stereocenters. The van der Waals surface area contributed by atoms with E-state index < -0.39 is 0 Å². The van der Waals surface area contributed by atoms with Gasteiger partial charge in [0.1, 0.15) is 0 Å². The second kappa shape index (κ2) is 6.04. The Hall–Kier alpha value is -0.580. The van der Waals surface area contributed by atoms with Crippen LogP contribution in [0.2, 0.25) is 4.34 Å². The first kappa shape index (κ1) is 14.4. The van der Waals surface area contributed by atoms with Crippen molar-refractivity contribution in [3.63, 3.8) is 0 Å². The number of hydrogen-bond donors (Lipinski definition) is 1. The fourth-order valence-corrected chi connectivity index (χ4v) is 3.84.